The van der Waals surface area contributed by atoms with Crippen LogP contribution in [0.5, 0.6) is 0 Å². The van der Waals surface area contributed by atoms with Gasteiger partial charge in [0.15, 0.2) is 0 Å². The maximum Gasteiger partial charge on any atom is 0.218 e. The van der Waals surface area contributed by atoms with E-state index in [1.165, 1.54) is 10.4 Å². The van der Waals surface area contributed by atoms with Gasteiger partial charge in [-0.25, -0.2) is 8.42 Å². The van der Waals surface area contributed by atoms with Gasteiger partial charge >= 0.3 is 0 Å². The number of hydrogen-bond acceptors (Lipinski definition) is 3. The SMILES string of the molecule is C=CCS(=O)(=O)N(CCN)Cc1ccccc1. The molecule has 0 fully saturated rings. The molecule has 0 unspecified atom stereocenters. The summed E-state index contributed by atoms with van der Waals surface area (Å²) in [7, 11) is -3.30. The second kappa shape index (κ2) is 6.54. The summed E-state index contributed by atoms with van der Waals surface area (Å²) in [5, 5.41) is 0. The van der Waals surface area contributed by atoms with E-state index in [9.17, 15) is 8.42 Å². The molecular weight excluding hydrogens is 236 g/mol. The number of hydrogen-bond donors (Lipinski definition) is 1. The molecule has 0 saturated heterocycles. The average molecular weight is 254 g/mol. The average Bonchev–Trinajstić information content (AvgIpc) is 2.30. The Kier molecular flexibility index (Phi) is 5.34. The van der Waals surface area contributed by atoms with Crippen LogP contribution in [0.25, 0.3) is 0 Å². The van der Waals surface area contributed by atoms with Gasteiger partial charge in [0.05, 0.1) is 5.75 Å². The molecule has 94 valence electrons. The normalized spacial score (nSPS) is 11.6. The molecule has 2 N–H and O–H groups in total. The fourth-order valence-corrected chi connectivity index (χ4v) is 2.74. The molecule has 17 heavy (non-hydrogen) atoms. The summed E-state index contributed by atoms with van der Waals surface area (Å²) in [6, 6.07) is 9.46. The largest absolute Gasteiger partial charge is 0.329 e. The minimum atomic E-state index is -3.30. The molecule has 0 atom stereocenters. The highest BCUT2D eigenvalue weighted by atomic mass is 32.2. The number of nitrogens with two attached hydrogens (primary N) is 1. The first-order valence-corrected chi connectivity index (χ1v) is 7.04. The van der Waals surface area contributed by atoms with Crippen molar-refractivity contribution in [1.82, 2.24) is 4.31 Å². The lowest BCUT2D eigenvalue weighted by atomic mass is 10.2. The summed E-state index contributed by atoms with van der Waals surface area (Å²) >= 11 is 0. The standard InChI is InChI=1S/C12H18N2O2S/c1-2-10-17(15,16)14(9-8-13)11-12-6-4-3-5-7-12/h2-7H,1,8-11,13H2. The Balaban J connectivity index is 2.83. The minimum Gasteiger partial charge on any atom is -0.329 e. The van der Waals surface area contributed by atoms with Crippen molar-refractivity contribution in [3.8, 4) is 0 Å². The van der Waals surface area contributed by atoms with Crippen LogP contribution in [0.3, 0.4) is 0 Å². The zero-order chi connectivity index (χ0) is 12.7. The maximum atomic E-state index is 11.9. The van der Waals surface area contributed by atoms with Crippen LogP contribution in [-0.4, -0.2) is 31.6 Å². The van der Waals surface area contributed by atoms with Gasteiger partial charge in [-0.3, -0.25) is 0 Å². The summed E-state index contributed by atoms with van der Waals surface area (Å²) in [6.07, 6.45) is 1.39. The van der Waals surface area contributed by atoms with E-state index in [-0.39, 0.29) is 5.75 Å². The molecule has 1 aromatic carbocycles. The van der Waals surface area contributed by atoms with Gasteiger partial charge < -0.3 is 5.73 Å². The van der Waals surface area contributed by atoms with Crippen LogP contribution in [0, 0.1) is 0 Å². The van der Waals surface area contributed by atoms with Gasteiger partial charge in [-0.05, 0) is 5.56 Å². The lowest BCUT2D eigenvalue weighted by Gasteiger charge is -2.20. The maximum absolute atomic E-state index is 11.9. The summed E-state index contributed by atoms with van der Waals surface area (Å²) in [5.41, 5.74) is 6.40. The van der Waals surface area contributed by atoms with Gasteiger partial charge in [-0.2, -0.15) is 4.31 Å². The molecule has 4 nitrogen and oxygen atoms in total. The highest BCUT2D eigenvalue weighted by molar-refractivity contribution is 7.89. The van der Waals surface area contributed by atoms with Crippen LogP contribution in [-0.2, 0) is 16.6 Å². The molecule has 0 aliphatic carbocycles. The Morgan fingerprint density at radius 1 is 1.29 bits per heavy atom. The molecule has 1 rings (SSSR count). The van der Waals surface area contributed by atoms with E-state index in [0.29, 0.717) is 19.6 Å². The van der Waals surface area contributed by atoms with E-state index in [4.69, 9.17) is 5.73 Å². The van der Waals surface area contributed by atoms with Gasteiger partial charge in [0, 0.05) is 19.6 Å². The second-order valence-corrected chi connectivity index (χ2v) is 5.69. The van der Waals surface area contributed by atoms with E-state index in [1.54, 1.807) is 0 Å². The second-order valence-electron chi connectivity index (χ2n) is 3.68. The van der Waals surface area contributed by atoms with Gasteiger partial charge in [-0.15, -0.1) is 6.58 Å². The topological polar surface area (TPSA) is 63.4 Å². The monoisotopic (exact) mass is 254 g/mol. The highest BCUT2D eigenvalue weighted by Crippen LogP contribution is 2.09. The predicted molar refractivity (Wildman–Crippen MR) is 69.9 cm³/mol. The molecule has 0 amide bonds. The molecule has 1 aromatic rings. The Morgan fingerprint density at radius 2 is 1.94 bits per heavy atom. The third-order valence-electron chi connectivity index (χ3n) is 2.30. The van der Waals surface area contributed by atoms with E-state index >= 15 is 0 Å². The summed E-state index contributed by atoms with van der Waals surface area (Å²) in [5.74, 6) is -0.0557. The molecule has 0 saturated carbocycles. The van der Waals surface area contributed by atoms with Gasteiger partial charge in [0.2, 0.25) is 10.0 Å². The highest BCUT2D eigenvalue weighted by Gasteiger charge is 2.19. The smallest absolute Gasteiger partial charge is 0.218 e. The molecule has 0 bridgehead atoms. The van der Waals surface area contributed by atoms with Crippen LogP contribution >= 0.6 is 0 Å². The number of benzene rings is 1. The van der Waals surface area contributed by atoms with Gasteiger partial charge in [0.1, 0.15) is 0 Å². The lowest BCUT2D eigenvalue weighted by Crippen LogP contribution is -2.36. The minimum absolute atomic E-state index is 0.0557. The number of sulfonamides is 1. The molecule has 0 heterocycles. The number of rotatable bonds is 7. The fraction of sp³-hybridized carbons (Fsp3) is 0.333. The van der Waals surface area contributed by atoms with Crippen LogP contribution < -0.4 is 5.73 Å². The fourth-order valence-electron chi connectivity index (χ4n) is 1.50. The quantitative estimate of drug-likeness (QED) is 0.737. The zero-order valence-electron chi connectivity index (χ0n) is 9.75. The number of nitrogens with zero attached hydrogens (tertiary/aromatic N) is 1. The van der Waals surface area contributed by atoms with Crippen LogP contribution in [0.4, 0.5) is 0 Å². The molecule has 0 aliphatic rings. The first-order chi connectivity index (χ1) is 8.10. The van der Waals surface area contributed by atoms with Crippen molar-refractivity contribution in [2.24, 2.45) is 5.73 Å². The molecule has 5 heteroatoms. The van der Waals surface area contributed by atoms with E-state index in [1.807, 2.05) is 30.3 Å². The lowest BCUT2D eigenvalue weighted by molar-refractivity contribution is 0.416. The molecule has 0 radical (unpaired) electrons. The zero-order valence-corrected chi connectivity index (χ0v) is 10.6. The van der Waals surface area contributed by atoms with Crippen molar-refractivity contribution < 1.29 is 8.42 Å². The van der Waals surface area contributed by atoms with Crippen molar-refractivity contribution in [3.63, 3.8) is 0 Å². The molecular formula is C12H18N2O2S. The van der Waals surface area contributed by atoms with Crippen molar-refractivity contribution in [2.45, 2.75) is 6.54 Å². The third kappa shape index (κ3) is 4.30. The third-order valence-corrected chi connectivity index (χ3v) is 4.06. The van der Waals surface area contributed by atoms with Gasteiger partial charge in [0.25, 0.3) is 0 Å². The Morgan fingerprint density at radius 3 is 2.47 bits per heavy atom. The molecule has 0 aliphatic heterocycles. The molecule has 0 spiro atoms. The van der Waals surface area contributed by atoms with E-state index in [2.05, 4.69) is 6.58 Å². The van der Waals surface area contributed by atoms with Crippen LogP contribution in [0.2, 0.25) is 0 Å². The predicted octanol–water partition coefficient (Wildman–Crippen LogP) is 0.963. The van der Waals surface area contributed by atoms with Crippen molar-refractivity contribution >= 4 is 10.0 Å². The van der Waals surface area contributed by atoms with E-state index < -0.39 is 10.0 Å². The van der Waals surface area contributed by atoms with Crippen molar-refractivity contribution in [3.05, 3.63) is 48.6 Å². The van der Waals surface area contributed by atoms with Crippen molar-refractivity contribution in [1.29, 1.82) is 0 Å². The first kappa shape index (κ1) is 13.9. The Labute approximate surface area is 103 Å². The van der Waals surface area contributed by atoms with Gasteiger partial charge in [-0.1, -0.05) is 36.4 Å². The van der Waals surface area contributed by atoms with E-state index in [0.717, 1.165) is 5.56 Å². The van der Waals surface area contributed by atoms with Crippen molar-refractivity contribution in [2.75, 3.05) is 18.8 Å². The Hall–Kier alpha value is -1.17. The molecule has 0 aromatic heterocycles. The summed E-state index contributed by atoms with van der Waals surface area (Å²) in [6.45, 7) is 4.45. The van der Waals surface area contributed by atoms with Crippen LogP contribution in [0.15, 0.2) is 43.0 Å². The summed E-state index contributed by atoms with van der Waals surface area (Å²) in [4.78, 5) is 0. The first-order valence-electron chi connectivity index (χ1n) is 5.43. The Bertz CT molecular complexity index is 443. The summed E-state index contributed by atoms with van der Waals surface area (Å²) < 4.78 is 25.2. The van der Waals surface area contributed by atoms with Crippen LogP contribution in [0.1, 0.15) is 5.56 Å².